The number of halogens is 1. The van der Waals surface area contributed by atoms with Gasteiger partial charge in [0, 0.05) is 13.1 Å². The number of carbonyl (C=O) groups is 1. The molecule has 0 spiro atoms. The molecule has 2 aromatic rings. The molecule has 1 saturated heterocycles. The van der Waals surface area contributed by atoms with Crippen LogP contribution in [0.5, 0.6) is 11.5 Å². The van der Waals surface area contributed by atoms with Crippen molar-refractivity contribution in [2.45, 2.75) is 37.1 Å². The van der Waals surface area contributed by atoms with Crippen molar-refractivity contribution in [1.29, 1.82) is 0 Å². The Balaban J connectivity index is 1.53. The summed E-state index contributed by atoms with van der Waals surface area (Å²) in [5, 5.41) is 3.09. The Bertz CT molecular complexity index is 1080. The number of nitrogens with one attached hydrogen (secondary N) is 1. The fraction of sp³-hybridized carbons (Fsp3) is 0.409. The van der Waals surface area contributed by atoms with Gasteiger partial charge >= 0.3 is 0 Å². The number of hydrogen-bond acceptors (Lipinski definition) is 5. The van der Waals surface area contributed by atoms with Crippen LogP contribution in [0.4, 0.5) is 0 Å². The number of ether oxygens (including phenoxy) is 2. The Morgan fingerprint density at radius 2 is 1.74 bits per heavy atom. The van der Waals surface area contributed by atoms with E-state index >= 15 is 0 Å². The number of carbonyl (C=O) groups excluding carboxylic acids is 1. The Kier molecular flexibility index (Phi) is 6.41. The predicted octanol–water partition coefficient (Wildman–Crippen LogP) is 3.78. The smallest absolute Gasteiger partial charge is 0.253 e. The highest BCUT2D eigenvalue weighted by molar-refractivity contribution is 7.89. The van der Waals surface area contributed by atoms with Gasteiger partial charge in [0.05, 0.1) is 21.5 Å². The minimum atomic E-state index is -3.66. The minimum absolute atomic E-state index is 0.0796. The van der Waals surface area contributed by atoms with Crippen molar-refractivity contribution in [3.8, 4) is 11.5 Å². The Labute approximate surface area is 187 Å². The van der Waals surface area contributed by atoms with E-state index in [4.69, 9.17) is 21.1 Å². The second-order valence-electron chi connectivity index (χ2n) is 7.70. The molecule has 4 rings (SSSR count). The normalized spacial score (nSPS) is 17.7. The summed E-state index contributed by atoms with van der Waals surface area (Å²) in [4.78, 5) is 13.0. The molecule has 1 amide bonds. The first-order chi connectivity index (χ1) is 14.9. The van der Waals surface area contributed by atoms with Crippen molar-refractivity contribution in [2.75, 3.05) is 26.3 Å². The van der Waals surface area contributed by atoms with Gasteiger partial charge in [0.15, 0.2) is 11.5 Å². The first-order valence-corrected chi connectivity index (χ1v) is 12.2. The molecular formula is C22H25ClN2O5S. The van der Waals surface area contributed by atoms with Crippen molar-refractivity contribution in [2.24, 2.45) is 0 Å². The third-order valence-electron chi connectivity index (χ3n) is 5.55. The van der Waals surface area contributed by atoms with Gasteiger partial charge in [0.2, 0.25) is 10.0 Å². The molecule has 0 aromatic heterocycles. The molecule has 0 bridgehead atoms. The second-order valence-corrected chi connectivity index (χ2v) is 10.0. The van der Waals surface area contributed by atoms with E-state index in [1.54, 1.807) is 0 Å². The van der Waals surface area contributed by atoms with Gasteiger partial charge in [-0.25, -0.2) is 8.42 Å². The van der Waals surface area contributed by atoms with Crippen LogP contribution in [0.1, 0.15) is 48.1 Å². The van der Waals surface area contributed by atoms with E-state index in [2.05, 4.69) is 5.32 Å². The van der Waals surface area contributed by atoms with E-state index in [1.165, 1.54) is 22.5 Å². The Morgan fingerprint density at radius 3 is 2.48 bits per heavy atom. The Hall–Kier alpha value is -2.29. The van der Waals surface area contributed by atoms with Gasteiger partial charge in [0.1, 0.15) is 13.2 Å². The van der Waals surface area contributed by atoms with Crippen molar-refractivity contribution in [3.05, 3.63) is 52.5 Å². The topological polar surface area (TPSA) is 84.9 Å². The first-order valence-electron chi connectivity index (χ1n) is 10.4. The predicted molar refractivity (Wildman–Crippen MR) is 117 cm³/mol. The van der Waals surface area contributed by atoms with Crippen LogP contribution in [0.15, 0.2) is 41.3 Å². The van der Waals surface area contributed by atoms with Crippen LogP contribution in [-0.2, 0) is 10.0 Å². The first kappa shape index (κ1) is 21.9. The fourth-order valence-corrected chi connectivity index (χ4v) is 5.53. The molecule has 7 nitrogen and oxygen atoms in total. The lowest BCUT2D eigenvalue weighted by Crippen LogP contribution is -2.35. The zero-order valence-corrected chi connectivity index (χ0v) is 18.8. The van der Waals surface area contributed by atoms with Crippen LogP contribution in [0.2, 0.25) is 5.02 Å². The number of piperidine rings is 1. The molecule has 9 heteroatoms. The molecular weight excluding hydrogens is 440 g/mol. The van der Waals surface area contributed by atoms with Crippen LogP contribution in [0.3, 0.4) is 0 Å². The summed E-state index contributed by atoms with van der Waals surface area (Å²) < 4.78 is 38.6. The summed E-state index contributed by atoms with van der Waals surface area (Å²) in [6.07, 6.45) is 2.71. The van der Waals surface area contributed by atoms with Gasteiger partial charge in [-0.2, -0.15) is 4.31 Å². The van der Waals surface area contributed by atoms with Crippen LogP contribution in [0, 0.1) is 0 Å². The molecule has 1 fully saturated rings. The van der Waals surface area contributed by atoms with Gasteiger partial charge in [-0.3, -0.25) is 4.79 Å². The molecule has 2 aliphatic rings. The van der Waals surface area contributed by atoms with Gasteiger partial charge in [-0.15, -0.1) is 0 Å². The fourth-order valence-electron chi connectivity index (χ4n) is 3.78. The maximum Gasteiger partial charge on any atom is 0.253 e. The quantitative estimate of drug-likeness (QED) is 0.727. The van der Waals surface area contributed by atoms with E-state index in [0.29, 0.717) is 37.8 Å². The summed E-state index contributed by atoms with van der Waals surface area (Å²) in [6, 6.07) is 9.43. The molecule has 0 saturated carbocycles. The molecule has 2 aliphatic heterocycles. The number of sulfonamides is 1. The number of fused-ring (bicyclic) bond motifs is 1. The Morgan fingerprint density at radius 1 is 1.03 bits per heavy atom. The highest BCUT2D eigenvalue weighted by Crippen LogP contribution is 2.33. The molecule has 1 unspecified atom stereocenters. The van der Waals surface area contributed by atoms with Crippen LogP contribution < -0.4 is 14.8 Å². The van der Waals surface area contributed by atoms with Crippen molar-refractivity contribution >= 4 is 27.5 Å². The molecule has 1 N–H and O–H groups in total. The third-order valence-corrected chi connectivity index (χ3v) is 7.77. The van der Waals surface area contributed by atoms with E-state index in [1.807, 2.05) is 25.1 Å². The lowest BCUT2D eigenvalue weighted by molar-refractivity contribution is 0.0939. The molecule has 166 valence electrons. The van der Waals surface area contributed by atoms with Crippen molar-refractivity contribution in [1.82, 2.24) is 9.62 Å². The number of nitrogens with zero attached hydrogens (tertiary/aromatic N) is 1. The van der Waals surface area contributed by atoms with E-state index in [9.17, 15) is 13.2 Å². The SMILES string of the molecule is CC(NC(=O)c1cc(S(=O)(=O)N2CCCCC2)ccc1Cl)c1ccc2c(c1)OCCO2. The molecule has 1 atom stereocenters. The van der Waals surface area contributed by atoms with Gasteiger partial charge in [-0.05, 0) is 55.7 Å². The second kappa shape index (κ2) is 9.06. The van der Waals surface area contributed by atoms with Crippen LogP contribution in [0.25, 0.3) is 0 Å². The number of hydrogen-bond donors (Lipinski definition) is 1. The summed E-state index contributed by atoms with van der Waals surface area (Å²) in [7, 11) is -3.66. The lowest BCUT2D eigenvalue weighted by Gasteiger charge is -2.26. The lowest BCUT2D eigenvalue weighted by atomic mass is 10.1. The monoisotopic (exact) mass is 464 g/mol. The van der Waals surface area contributed by atoms with Gasteiger partial charge in [0.25, 0.3) is 5.91 Å². The van der Waals surface area contributed by atoms with Crippen LogP contribution in [-0.4, -0.2) is 44.9 Å². The number of rotatable bonds is 5. The molecule has 2 heterocycles. The largest absolute Gasteiger partial charge is 0.486 e. The molecule has 2 aromatic carbocycles. The summed E-state index contributed by atoms with van der Waals surface area (Å²) in [5.74, 6) is 0.868. The van der Waals surface area contributed by atoms with Crippen molar-refractivity contribution < 1.29 is 22.7 Å². The zero-order valence-electron chi connectivity index (χ0n) is 17.3. The standard InChI is InChI=1S/C22H25ClN2O5S/c1-15(16-5-8-20-21(13-16)30-12-11-29-20)24-22(26)18-14-17(6-7-19(18)23)31(27,28)25-9-3-2-4-10-25/h5-8,13-15H,2-4,9-12H2,1H3,(H,24,26). The zero-order chi connectivity index (χ0) is 22.0. The number of benzene rings is 2. The van der Waals surface area contributed by atoms with Crippen LogP contribution >= 0.6 is 11.6 Å². The highest BCUT2D eigenvalue weighted by atomic mass is 35.5. The molecule has 0 radical (unpaired) electrons. The minimum Gasteiger partial charge on any atom is -0.486 e. The van der Waals surface area contributed by atoms with Crippen molar-refractivity contribution in [3.63, 3.8) is 0 Å². The van der Waals surface area contributed by atoms with E-state index in [0.717, 1.165) is 24.8 Å². The summed E-state index contributed by atoms with van der Waals surface area (Å²) in [5.41, 5.74) is 0.968. The molecule has 0 aliphatic carbocycles. The number of amides is 1. The third kappa shape index (κ3) is 4.66. The summed E-state index contributed by atoms with van der Waals surface area (Å²) in [6.45, 7) is 3.81. The highest BCUT2D eigenvalue weighted by Gasteiger charge is 2.27. The maximum absolute atomic E-state index is 13.0. The van der Waals surface area contributed by atoms with Gasteiger partial charge in [-0.1, -0.05) is 24.1 Å². The average molecular weight is 465 g/mol. The molecule has 31 heavy (non-hydrogen) atoms. The van der Waals surface area contributed by atoms with E-state index in [-0.39, 0.29) is 21.5 Å². The average Bonchev–Trinajstić information content (AvgIpc) is 2.79. The van der Waals surface area contributed by atoms with Gasteiger partial charge < -0.3 is 14.8 Å². The van der Waals surface area contributed by atoms with E-state index < -0.39 is 15.9 Å². The summed E-state index contributed by atoms with van der Waals surface area (Å²) >= 11 is 6.25. The maximum atomic E-state index is 13.0.